The zero-order valence-corrected chi connectivity index (χ0v) is 14.1. The quantitative estimate of drug-likeness (QED) is 0.681. The van der Waals surface area contributed by atoms with E-state index >= 15 is 0 Å². The summed E-state index contributed by atoms with van der Waals surface area (Å²) in [6, 6.07) is 7.36. The fraction of sp³-hybridized carbons (Fsp3) is 0.600. The first kappa shape index (κ1) is 15.5. The van der Waals surface area contributed by atoms with Gasteiger partial charge in [0.05, 0.1) is 0 Å². The Labute approximate surface area is 133 Å². The zero-order chi connectivity index (χ0) is 16.1. The minimum atomic E-state index is -0.105. The van der Waals surface area contributed by atoms with Crippen LogP contribution in [0, 0.1) is 22.7 Å². The summed E-state index contributed by atoms with van der Waals surface area (Å²) in [5, 5.41) is 0. The fourth-order valence-electron chi connectivity index (χ4n) is 4.17. The van der Waals surface area contributed by atoms with Gasteiger partial charge in [0.1, 0.15) is 0 Å². The molecule has 2 aliphatic rings. The lowest BCUT2D eigenvalue weighted by Gasteiger charge is -2.42. The molecule has 1 aromatic carbocycles. The van der Waals surface area contributed by atoms with Crippen molar-refractivity contribution in [1.29, 1.82) is 0 Å². The zero-order valence-electron chi connectivity index (χ0n) is 14.1. The third kappa shape index (κ3) is 2.24. The van der Waals surface area contributed by atoms with Crippen molar-refractivity contribution in [2.75, 3.05) is 0 Å². The van der Waals surface area contributed by atoms with Gasteiger partial charge in [-0.15, -0.1) is 0 Å². The molecule has 0 spiro atoms. The highest BCUT2D eigenvalue weighted by molar-refractivity contribution is 6.15. The largest absolute Gasteiger partial charge is 0.294 e. The Morgan fingerprint density at radius 2 is 1.32 bits per heavy atom. The number of benzene rings is 1. The maximum absolute atomic E-state index is 12.9. The standard InChI is InChI=1S/C20H26O2/c1-19(2,3)20(4)11-9-15-16(10-12-20)18(22)14-8-6-5-7-13(14)17(15)21/h5-8,15-16H,9-12H2,1-4H3. The molecule has 1 aromatic rings. The number of Topliss-reactive ketones (excluding diaryl/α,β-unsaturated/α-hetero) is 2. The third-order valence-electron chi connectivity index (χ3n) is 6.44. The van der Waals surface area contributed by atoms with Gasteiger partial charge in [-0.25, -0.2) is 0 Å². The lowest BCUT2D eigenvalue weighted by Crippen LogP contribution is -2.35. The second-order valence-electron chi connectivity index (χ2n) is 8.38. The van der Waals surface area contributed by atoms with E-state index in [4.69, 9.17) is 0 Å². The van der Waals surface area contributed by atoms with Crippen LogP contribution in [-0.4, -0.2) is 11.6 Å². The van der Waals surface area contributed by atoms with Crippen molar-refractivity contribution in [3.05, 3.63) is 35.4 Å². The Balaban J connectivity index is 1.97. The molecule has 2 atom stereocenters. The highest BCUT2D eigenvalue weighted by atomic mass is 16.1. The number of carbonyl (C=O) groups is 2. The SMILES string of the molecule is CC(C)(C)C1(C)CCC2C(=O)c3ccccc3C(=O)C2CC1. The van der Waals surface area contributed by atoms with Gasteiger partial charge < -0.3 is 0 Å². The van der Waals surface area contributed by atoms with Gasteiger partial charge in [-0.2, -0.15) is 0 Å². The van der Waals surface area contributed by atoms with Crippen LogP contribution in [0.4, 0.5) is 0 Å². The molecule has 22 heavy (non-hydrogen) atoms. The highest BCUT2D eigenvalue weighted by Gasteiger charge is 2.47. The maximum atomic E-state index is 12.9. The molecule has 0 heterocycles. The summed E-state index contributed by atoms with van der Waals surface area (Å²) in [7, 11) is 0. The van der Waals surface area contributed by atoms with E-state index in [1.165, 1.54) is 0 Å². The van der Waals surface area contributed by atoms with E-state index in [1.54, 1.807) is 0 Å². The third-order valence-corrected chi connectivity index (χ3v) is 6.44. The van der Waals surface area contributed by atoms with Crippen molar-refractivity contribution < 1.29 is 9.59 Å². The molecule has 2 unspecified atom stereocenters. The minimum absolute atomic E-state index is 0.105. The maximum Gasteiger partial charge on any atom is 0.167 e. The summed E-state index contributed by atoms with van der Waals surface area (Å²) in [5.74, 6) is 0.176. The molecule has 0 bridgehead atoms. The van der Waals surface area contributed by atoms with Crippen molar-refractivity contribution in [3.8, 4) is 0 Å². The normalized spacial score (nSPS) is 32.2. The van der Waals surface area contributed by atoms with Crippen LogP contribution in [0.15, 0.2) is 24.3 Å². The number of hydrogen-bond acceptors (Lipinski definition) is 2. The first-order valence-electron chi connectivity index (χ1n) is 8.42. The molecule has 118 valence electrons. The highest BCUT2D eigenvalue weighted by Crippen LogP contribution is 2.52. The molecule has 1 saturated carbocycles. The van der Waals surface area contributed by atoms with Crippen LogP contribution in [0.3, 0.4) is 0 Å². The molecule has 0 radical (unpaired) electrons. The fourth-order valence-corrected chi connectivity index (χ4v) is 4.17. The summed E-state index contributed by atoms with van der Waals surface area (Å²) in [6.07, 6.45) is 3.74. The van der Waals surface area contributed by atoms with Crippen LogP contribution >= 0.6 is 0 Å². The van der Waals surface area contributed by atoms with Gasteiger partial charge in [0, 0.05) is 23.0 Å². The molecular formula is C20H26O2. The Bertz CT molecular complexity index is 576. The lowest BCUT2D eigenvalue weighted by molar-refractivity contribution is 0.0724. The molecule has 2 heteroatoms. The number of fused-ring (bicyclic) bond motifs is 2. The summed E-state index contributed by atoms with van der Waals surface area (Å²) in [6.45, 7) is 9.16. The molecule has 0 amide bonds. The van der Waals surface area contributed by atoms with Crippen LogP contribution in [0.5, 0.6) is 0 Å². The molecule has 1 fully saturated rings. The van der Waals surface area contributed by atoms with Crippen LogP contribution in [0.25, 0.3) is 0 Å². The molecule has 0 N–H and O–H groups in total. The van der Waals surface area contributed by atoms with E-state index in [0.29, 0.717) is 11.1 Å². The molecule has 2 aliphatic carbocycles. The van der Waals surface area contributed by atoms with E-state index in [9.17, 15) is 9.59 Å². The second kappa shape index (κ2) is 5.04. The number of carbonyl (C=O) groups excluding carboxylic acids is 2. The number of rotatable bonds is 0. The Hall–Kier alpha value is -1.44. The molecule has 3 rings (SSSR count). The Morgan fingerprint density at radius 3 is 1.68 bits per heavy atom. The van der Waals surface area contributed by atoms with Gasteiger partial charge >= 0.3 is 0 Å². The molecule has 0 saturated heterocycles. The molecule has 0 aliphatic heterocycles. The van der Waals surface area contributed by atoms with Gasteiger partial charge in [-0.05, 0) is 36.5 Å². The van der Waals surface area contributed by atoms with Gasteiger partial charge in [0.25, 0.3) is 0 Å². The lowest BCUT2D eigenvalue weighted by atomic mass is 9.63. The topological polar surface area (TPSA) is 34.1 Å². The van der Waals surface area contributed by atoms with Crippen LogP contribution < -0.4 is 0 Å². The first-order chi connectivity index (χ1) is 10.2. The van der Waals surface area contributed by atoms with E-state index < -0.39 is 0 Å². The first-order valence-corrected chi connectivity index (χ1v) is 8.42. The monoisotopic (exact) mass is 298 g/mol. The van der Waals surface area contributed by atoms with E-state index in [1.807, 2.05) is 24.3 Å². The van der Waals surface area contributed by atoms with Crippen molar-refractivity contribution >= 4 is 11.6 Å². The average molecular weight is 298 g/mol. The predicted molar refractivity (Wildman–Crippen MR) is 88.1 cm³/mol. The van der Waals surface area contributed by atoms with Gasteiger partial charge in [0.15, 0.2) is 11.6 Å². The smallest absolute Gasteiger partial charge is 0.167 e. The van der Waals surface area contributed by atoms with Crippen molar-refractivity contribution in [3.63, 3.8) is 0 Å². The minimum Gasteiger partial charge on any atom is -0.294 e. The summed E-state index contributed by atoms with van der Waals surface area (Å²) in [5.41, 5.74) is 1.68. The Morgan fingerprint density at radius 1 is 0.909 bits per heavy atom. The molecule has 2 nitrogen and oxygen atoms in total. The molecule has 0 aromatic heterocycles. The van der Waals surface area contributed by atoms with E-state index in [2.05, 4.69) is 27.7 Å². The van der Waals surface area contributed by atoms with Crippen molar-refractivity contribution in [2.45, 2.75) is 53.4 Å². The summed E-state index contributed by atoms with van der Waals surface area (Å²) < 4.78 is 0. The van der Waals surface area contributed by atoms with Crippen molar-refractivity contribution in [1.82, 2.24) is 0 Å². The van der Waals surface area contributed by atoms with Crippen LogP contribution in [0.1, 0.15) is 74.1 Å². The predicted octanol–water partition coefficient (Wildman–Crippen LogP) is 4.92. The van der Waals surface area contributed by atoms with Crippen LogP contribution in [-0.2, 0) is 0 Å². The average Bonchev–Trinajstić information content (AvgIpc) is 2.65. The Kier molecular flexibility index (Phi) is 3.54. The van der Waals surface area contributed by atoms with Crippen LogP contribution in [0.2, 0.25) is 0 Å². The van der Waals surface area contributed by atoms with Gasteiger partial charge in [0.2, 0.25) is 0 Å². The van der Waals surface area contributed by atoms with E-state index in [-0.39, 0.29) is 34.2 Å². The number of ketones is 2. The van der Waals surface area contributed by atoms with Gasteiger partial charge in [-0.3, -0.25) is 9.59 Å². The summed E-state index contributed by atoms with van der Waals surface area (Å²) in [4.78, 5) is 25.7. The summed E-state index contributed by atoms with van der Waals surface area (Å²) >= 11 is 0. The van der Waals surface area contributed by atoms with Crippen molar-refractivity contribution in [2.24, 2.45) is 22.7 Å². The van der Waals surface area contributed by atoms with E-state index in [0.717, 1.165) is 25.7 Å². The molecular weight excluding hydrogens is 272 g/mol. The second-order valence-corrected chi connectivity index (χ2v) is 8.38. The van der Waals surface area contributed by atoms with Gasteiger partial charge in [-0.1, -0.05) is 52.0 Å². The number of hydrogen-bond donors (Lipinski definition) is 0.